The van der Waals surface area contributed by atoms with Gasteiger partial charge in [0, 0.05) is 29.6 Å². The molecule has 19 N–H and O–H groups in total. The smallest absolute Gasteiger partial charge is 0.264 e. The van der Waals surface area contributed by atoms with Crippen molar-refractivity contribution in [2.75, 3.05) is 40.6 Å². The number of carbonyl (C=O) groups excluding carboxylic acids is 8. The predicted molar refractivity (Wildman–Crippen MR) is 404 cm³/mol. The third kappa shape index (κ3) is 15.9. The molecule has 4 saturated carbocycles. The fraction of sp³-hybridized carbons (Fsp3) is 0.468. The molecule has 5 aromatic rings. The Labute approximate surface area is 660 Å². The van der Waals surface area contributed by atoms with E-state index in [4.69, 9.17) is 41.0 Å². The molecule has 0 aromatic heterocycles. The van der Waals surface area contributed by atoms with Gasteiger partial charge in [0.2, 0.25) is 58.8 Å². The van der Waals surface area contributed by atoms with Crippen molar-refractivity contribution in [2.24, 2.45) is 46.7 Å². The van der Waals surface area contributed by atoms with Gasteiger partial charge < -0.3 is 113 Å². The molecule has 114 heavy (non-hydrogen) atoms. The summed E-state index contributed by atoms with van der Waals surface area (Å²) in [4.78, 5) is 120. The minimum absolute atomic E-state index is 0.0289. The van der Waals surface area contributed by atoms with Gasteiger partial charge in [-0.25, -0.2) is 13.1 Å². The molecule has 4 heterocycles. The van der Waals surface area contributed by atoms with Crippen LogP contribution in [0.5, 0.6) is 34.5 Å². The van der Waals surface area contributed by atoms with Crippen molar-refractivity contribution < 1.29 is 111 Å². The number of phenols is 1. The summed E-state index contributed by atoms with van der Waals surface area (Å²) in [5.74, 6) is -13.9. The van der Waals surface area contributed by atoms with Crippen LogP contribution in [0.15, 0.2) is 119 Å². The Bertz CT molecular complexity index is 4760. The summed E-state index contributed by atoms with van der Waals surface area (Å²) in [7, 11) is -1.66. The number of nitrogens with one attached hydrogen (secondary N) is 9. The van der Waals surface area contributed by atoms with E-state index in [1.54, 1.807) is 14.0 Å². The van der Waals surface area contributed by atoms with E-state index in [1.807, 2.05) is 18.6 Å². The van der Waals surface area contributed by atoms with Crippen LogP contribution in [0, 0.1) is 40.9 Å². The molecule has 33 nitrogen and oxygen atoms in total. The second-order valence-electron chi connectivity index (χ2n) is 30.7. The van der Waals surface area contributed by atoms with Crippen LogP contribution >= 0.6 is 11.6 Å². The molecule has 16 unspecified atom stereocenters. The summed E-state index contributed by atoms with van der Waals surface area (Å²) < 4.78 is 61.3. The largest absolute Gasteiger partial charge is 0.508 e. The van der Waals surface area contributed by atoms with Crippen LogP contribution in [0.1, 0.15) is 130 Å². The number of rotatable bonds is 24. The van der Waals surface area contributed by atoms with Crippen LogP contribution in [0.25, 0.3) is 11.1 Å². The van der Waals surface area contributed by atoms with E-state index in [-0.39, 0.29) is 116 Å². The van der Waals surface area contributed by atoms with E-state index in [1.165, 1.54) is 73.8 Å². The Morgan fingerprint density at radius 1 is 0.789 bits per heavy atom. The number of aromatic hydroxyl groups is 1. The number of likely N-dealkylation sites (N-methyl/N-ethyl adjacent to an activating group) is 2. The number of benzene rings is 5. The minimum atomic E-state index is -4.84. The quantitative estimate of drug-likeness (QED) is 0.0306. The lowest BCUT2D eigenvalue weighted by Gasteiger charge is -2.88. The van der Waals surface area contributed by atoms with Crippen LogP contribution in [-0.2, 0) is 58.9 Å². The van der Waals surface area contributed by atoms with Crippen molar-refractivity contribution in [1.29, 1.82) is 0 Å². The molecule has 5 aromatic carbocycles. The highest BCUT2D eigenvalue weighted by Gasteiger charge is 2.84. The first kappa shape index (κ1) is 82.2. The molecule has 35 heteroatoms. The molecule has 15 rings (SSSR count). The topological polar surface area (TPSA) is 513 Å². The summed E-state index contributed by atoms with van der Waals surface area (Å²) in [6.07, 6.45) is -4.34. The first-order valence-corrected chi connectivity index (χ1v) is 39.6. The van der Waals surface area contributed by atoms with Crippen LogP contribution in [-0.4, -0.2) is 186 Å². The van der Waals surface area contributed by atoms with Gasteiger partial charge in [-0.1, -0.05) is 62.7 Å². The predicted octanol–water partition coefficient (Wildman–Crippen LogP) is 1.33. The Balaban J connectivity index is 0.960. The summed E-state index contributed by atoms with van der Waals surface area (Å²) in [5, 5.41) is 113. The lowest BCUT2D eigenvalue weighted by atomic mass is 9.17. The summed E-state index contributed by atoms with van der Waals surface area (Å²) in [6, 6.07) is 6.47. The van der Waals surface area contributed by atoms with Crippen molar-refractivity contribution >= 4 is 68.9 Å². The molecule has 10 aliphatic rings. The number of primary amides is 1. The van der Waals surface area contributed by atoms with Crippen LogP contribution in [0.2, 0.25) is 0 Å². The van der Waals surface area contributed by atoms with E-state index in [0.717, 1.165) is 55.7 Å². The fourth-order valence-corrected chi connectivity index (χ4v) is 18.8. The van der Waals surface area contributed by atoms with Crippen molar-refractivity contribution in [3.8, 4) is 45.6 Å². The minimum Gasteiger partial charge on any atom is -0.508 e. The van der Waals surface area contributed by atoms with Gasteiger partial charge in [-0.05, 0) is 194 Å². The summed E-state index contributed by atoms with van der Waals surface area (Å²) in [5.41, 5.74) is 4.69. The van der Waals surface area contributed by atoms with Gasteiger partial charge >= 0.3 is 0 Å². The second kappa shape index (κ2) is 33.2. The van der Waals surface area contributed by atoms with Gasteiger partial charge in [0.05, 0.1) is 47.6 Å². The first-order chi connectivity index (χ1) is 54.3. The van der Waals surface area contributed by atoms with Crippen molar-refractivity contribution in [1.82, 2.24) is 47.3 Å². The van der Waals surface area contributed by atoms with Gasteiger partial charge in [-0.15, -0.1) is 0 Å². The average molecular weight is 1620 g/mol. The van der Waals surface area contributed by atoms with E-state index < -0.39 is 195 Å². The zero-order chi connectivity index (χ0) is 81.7. The number of hydrogen-bond acceptors (Lipinski definition) is 25. The number of phenolic OH excluding ortho intramolecular Hbond substituents is 1. The monoisotopic (exact) mass is 1620 g/mol. The molecule has 4 aliphatic heterocycles. The fourth-order valence-electron chi connectivity index (χ4n) is 17.5. The number of nitrogens with two attached hydrogens (primary N) is 1. The maximum Gasteiger partial charge on any atom is 0.264 e. The van der Waals surface area contributed by atoms with Crippen LogP contribution in [0.4, 0.5) is 0 Å². The van der Waals surface area contributed by atoms with Gasteiger partial charge in [-0.2, -0.15) is 0 Å². The van der Waals surface area contributed by atoms with Crippen molar-refractivity contribution in [3.05, 3.63) is 147 Å². The van der Waals surface area contributed by atoms with E-state index in [9.17, 15) is 68.4 Å². The number of carbonyl (C=O) groups is 8. The third-order valence-corrected chi connectivity index (χ3v) is 25.0. The zero-order valence-corrected chi connectivity index (χ0v) is 64.3. The average Bonchev–Trinajstić information content (AvgIpc) is 0.679. The molecule has 1 spiro atoms. The molecule has 0 saturated heterocycles. The number of fused-ring (bicyclic) bond motifs is 15. The Morgan fingerprint density at radius 3 is 2.12 bits per heavy atom. The molecule has 9 bridgehead atoms. The van der Waals surface area contributed by atoms with Crippen molar-refractivity contribution in [3.63, 3.8) is 0 Å². The molecule has 4 fully saturated rings. The van der Waals surface area contributed by atoms with E-state index in [2.05, 4.69) is 42.5 Å². The van der Waals surface area contributed by atoms with Gasteiger partial charge in [0.1, 0.15) is 78.1 Å². The number of aliphatic hydroxyl groups is 7. The second-order valence-corrected chi connectivity index (χ2v) is 32.8. The normalized spacial score (nSPS) is 27.5. The molecule has 6 aliphatic carbocycles. The Kier molecular flexibility index (Phi) is 23.9. The third-order valence-electron chi connectivity index (χ3n) is 23.3. The van der Waals surface area contributed by atoms with Crippen LogP contribution in [0.3, 0.4) is 0 Å². The highest BCUT2D eigenvalue weighted by molar-refractivity contribution is 7.90. The molecule has 0 radical (unpaired) electrons. The van der Waals surface area contributed by atoms with Gasteiger partial charge in [-0.3, -0.25) is 38.4 Å². The summed E-state index contributed by atoms with van der Waals surface area (Å²) >= 11 is 7.13. The molecule has 8 amide bonds. The Morgan fingerprint density at radius 2 is 1.48 bits per heavy atom. The Hall–Kier alpha value is -9.82. The number of sulfonamides is 1. The van der Waals surface area contributed by atoms with E-state index >= 15 is 19.2 Å². The lowest BCUT2D eigenvalue weighted by molar-refractivity contribution is -0.390. The molecular formula is C79H93ClN10O23S. The first-order valence-electron chi connectivity index (χ1n) is 37.7. The van der Waals surface area contributed by atoms with Crippen LogP contribution < -0.4 is 71.9 Å². The maximum absolute atomic E-state index is 16.1. The number of allylic oxidation sites excluding steroid dienone is 2. The molecular weight excluding hydrogens is 1520 g/mol. The zero-order valence-electron chi connectivity index (χ0n) is 62.8. The lowest BCUT2D eigenvalue weighted by Crippen LogP contribution is -2.88. The SMILES string of the molecule is CCC(OCOc1c2cc3cc1Oc1ccc(cc1)C(O)C(NC(=O)C(CC(C)C)NC)C(=O)NC(CC(=O)NS(=O)(=O)c1ccc(OCCNC)cc1)C(=O)NC3C(=O)NC(C(N)=O)c1ccc3c(c1)-c1c(cc(O)cc1C3(O)O)C(C(=O)NC1C3CC4CC5CC1C453)NC(=O)CC(O)C1C=C(Cl)C(=CC1)O2)C(O)C(O)CO. The van der Waals surface area contributed by atoms with Crippen molar-refractivity contribution in [2.45, 2.75) is 156 Å². The number of ether oxygens (including phenoxy) is 5. The highest BCUT2D eigenvalue weighted by Crippen LogP contribution is 2.87. The number of aliphatic hydroxyl groups excluding tert-OH is 5. The van der Waals surface area contributed by atoms with E-state index in [0.29, 0.717) is 18.4 Å². The number of hydrogen-bond donors (Lipinski definition) is 18. The van der Waals surface area contributed by atoms with Gasteiger partial charge in [0.25, 0.3) is 10.0 Å². The molecule has 610 valence electrons. The maximum atomic E-state index is 16.1. The molecule has 16 atom stereocenters. The number of halogens is 1. The van der Waals surface area contributed by atoms with Gasteiger partial charge in [0.15, 0.2) is 18.3 Å². The highest BCUT2D eigenvalue weighted by atomic mass is 35.5. The summed E-state index contributed by atoms with van der Waals surface area (Å²) in [6.45, 7) is 4.21. The number of amides is 8. The standard InChI is InChI=1S/C79H93ClN10O23S/c1-6-57(70(98)56(94)33-91)110-34-111-71-59-24-39-25-60(71)113-58-18-10-37(23-52(58)80)55(93)32-61(95)85-66(76(103)88-67-50-27-40-26-41-28-51(67)78(40,41)50)47-29-42(92)30-49-63(47)46-22-38(9-17-48(46)79(49,105)106)64(72(81)99)86-75(102)65(39)87-74(101)54(31-62(96)90-114(107,108)45-15-13-43(14-16-45)109-20-19-82-4)84-77(104)68(89-73(100)53(83-5)21-35(2)3)69(97)36-7-11-44(112-59)12-8-36/h7-9,11-18,22-25,29-30,35,37,40-41,50-51,53-57,64-70,82-83,91-94,97-98,105-106H,6,10,19-21,26-28,31-34H2,1-5H3,(H2,81,99)(H,84,104)(H,85,95)(H,86,102)(H,87,101)(H,88,103)(H,89,100)(H,90,96).